The van der Waals surface area contributed by atoms with E-state index in [2.05, 4.69) is 50.4 Å². The molecule has 2 amide bonds. The summed E-state index contributed by atoms with van der Waals surface area (Å²) >= 11 is 0. The first-order valence-electron chi connectivity index (χ1n) is 8.09. The highest BCUT2D eigenvalue weighted by molar-refractivity contribution is 5.74. The number of nitrogens with zero attached hydrogens (tertiary/aromatic N) is 1. The fourth-order valence-electron chi connectivity index (χ4n) is 2.54. The summed E-state index contributed by atoms with van der Waals surface area (Å²) in [6, 6.07) is 0.106. The van der Waals surface area contributed by atoms with E-state index in [0.717, 1.165) is 38.8 Å². The largest absolute Gasteiger partial charge is 0.378 e. The Labute approximate surface area is 129 Å². The molecule has 5 heteroatoms. The molecule has 0 radical (unpaired) electrons. The summed E-state index contributed by atoms with van der Waals surface area (Å²) in [4.78, 5) is 14.2. The summed E-state index contributed by atoms with van der Waals surface area (Å²) < 4.78 is 5.56. The molecule has 21 heavy (non-hydrogen) atoms. The van der Waals surface area contributed by atoms with Crippen LogP contribution in [0, 0.1) is 5.41 Å². The van der Waals surface area contributed by atoms with Gasteiger partial charge >= 0.3 is 6.03 Å². The number of nitrogens with one attached hydrogen (secondary N) is 2. The molecule has 2 atom stereocenters. The summed E-state index contributed by atoms with van der Waals surface area (Å²) in [5, 5.41) is 6.08. The highest BCUT2D eigenvalue weighted by Crippen LogP contribution is 2.22. The van der Waals surface area contributed by atoms with Gasteiger partial charge in [-0.15, -0.1) is 0 Å². The maximum Gasteiger partial charge on any atom is 0.315 e. The zero-order valence-electron chi connectivity index (χ0n) is 14.4. The van der Waals surface area contributed by atoms with Crippen molar-refractivity contribution < 1.29 is 9.53 Å². The second-order valence-electron chi connectivity index (χ2n) is 7.33. The van der Waals surface area contributed by atoms with Gasteiger partial charge in [-0.2, -0.15) is 0 Å². The van der Waals surface area contributed by atoms with E-state index in [0.29, 0.717) is 12.6 Å². The van der Waals surface area contributed by atoms with Gasteiger partial charge in [0.2, 0.25) is 0 Å². The number of urea groups is 1. The van der Waals surface area contributed by atoms with Crippen molar-refractivity contribution >= 4 is 6.03 Å². The number of hydrogen-bond acceptors (Lipinski definition) is 3. The molecule has 1 heterocycles. The average molecular weight is 299 g/mol. The maximum absolute atomic E-state index is 12.0. The highest BCUT2D eigenvalue weighted by Gasteiger charge is 2.26. The molecule has 0 aromatic carbocycles. The van der Waals surface area contributed by atoms with Crippen LogP contribution < -0.4 is 10.6 Å². The van der Waals surface area contributed by atoms with E-state index in [1.807, 2.05) is 0 Å². The van der Waals surface area contributed by atoms with Gasteiger partial charge in [0.05, 0.1) is 6.10 Å². The number of hydrogen-bond donors (Lipinski definition) is 2. The second-order valence-corrected chi connectivity index (χ2v) is 7.33. The average Bonchev–Trinajstić information content (AvgIpc) is 2.85. The van der Waals surface area contributed by atoms with Crippen LogP contribution in [-0.4, -0.2) is 56.9 Å². The Hall–Kier alpha value is -0.810. The van der Waals surface area contributed by atoms with Crippen LogP contribution in [-0.2, 0) is 4.74 Å². The van der Waals surface area contributed by atoms with Crippen LogP contribution in [0.4, 0.5) is 4.79 Å². The normalized spacial score (nSPS) is 20.6. The van der Waals surface area contributed by atoms with E-state index < -0.39 is 0 Å². The zero-order valence-corrected chi connectivity index (χ0v) is 14.4. The molecule has 1 aliphatic heterocycles. The minimum absolute atomic E-state index is 0.0575. The molecular formula is C16H33N3O2. The summed E-state index contributed by atoms with van der Waals surface area (Å²) in [5.74, 6) is 0. The molecule has 1 aliphatic rings. The number of ether oxygens (including phenoxy) is 1. The molecule has 1 saturated heterocycles. The number of carbonyl (C=O) groups excluding carboxylic acids is 1. The smallest absolute Gasteiger partial charge is 0.315 e. The van der Waals surface area contributed by atoms with E-state index >= 15 is 0 Å². The Morgan fingerprint density at radius 2 is 2.10 bits per heavy atom. The Morgan fingerprint density at radius 3 is 2.62 bits per heavy atom. The number of amides is 2. The van der Waals surface area contributed by atoms with Gasteiger partial charge < -0.3 is 20.3 Å². The molecule has 1 rings (SSSR count). The molecule has 0 bridgehead atoms. The van der Waals surface area contributed by atoms with E-state index in [1.54, 1.807) is 0 Å². The summed E-state index contributed by atoms with van der Waals surface area (Å²) in [5.41, 5.74) is 0.0575. The summed E-state index contributed by atoms with van der Waals surface area (Å²) in [6.07, 6.45) is 4.46. The summed E-state index contributed by atoms with van der Waals surface area (Å²) in [7, 11) is 4.11. The van der Waals surface area contributed by atoms with E-state index in [-0.39, 0.29) is 17.5 Å². The maximum atomic E-state index is 12.0. The second kappa shape index (κ2) is 8.59. The van der Waals surface area contributed by atoms with Crippen LogP contribution in [0.2, 0.25) is 0 Å². The molecule has 124 valence electrons. The molecule has 0 unspecified atom stereocenters. The van der Waals surface area contributed by atoms with Crippen molar-refractivity contribution in [3.05, 3.63) is 0 Å². The Bertz CT molecular complexity index is 307. The van der Waals surface area contributed by atoms with Crippen molar-refractivity contribution in [2.75, 3.05) is 33.8 Å². The first kappa shape index (κ1) is 18.2. The van der Waals surface area contributed by atoms with Gasteiger partial charge in [-0.3, -0.25) is 0 Å². The lowest BCUT2D eigenvalue weighted by Gasteiger charge is -2.32. The van der Waals surface area contributed by atoms with Gasteiger partial charge in [0.15, 0.2) is 0 Å². The molecule has 0 aliphatic carbocycles. The van der Waals surface area contributed by atoms with Crippen molar-refractivity contribution in [2.45, 2.75) is 58.6 Å². The van der Waals surface area contributed by atoms with Crippen LogP contribution in [0.15, 0.2) is 0 Å². The van der Waals surface area contributed by atoms with Gasteiger partial charge in [-0.05, 0) is 51.7 Å². The third kappa shape index (κ3) is 7.67. The molecular weight excluding hydrogens is 266 g/mol. The predicted octanol–water partition coefficient (Wildman–Crippen LogP) is 2.22. The molecule has 0 spiro atoms. The van der Waals surface area contributed by atoms with E-state index in [4.69, 9.17) is 4.74 Å². The van der Waals surface area contributed by atoms with Crippen LogP contribution in [0.25, 0.3) is 0 Å². The Morgan fingerprint density at radius 1 is 1.38 bits per heavy atom. The van der Waals surface area contributed by atoms with Crippen LogP contribution in [0.3, 0.4) is 0 Å². The third-order valence-electron chi connectivity index (χ3n) is 3.99. The lowest BCUT2D eigenvalue weighted by atomic mass is 9.85. The fraction of sp³-hybridized carbons (Fsp3) is 0.938. The Balaban J connectivity index is 2.29. The van der Waals surface area contributed by atoms with Gasteiger partial charge in [-0.1, -0.05) is 20.8 Å². The first-order valence-corrected chi connectivity index (χ1v) is 8.09. The van der Waals surface area contributed by atoms with Crippen molar-refractivity contribution in [3.8, 4) is 0 Å². The number of carbonyl (C=O) groups is 1. The molecule has 0 aromatic rings. The third-order valence-corrected chi connectivity index (χ3v) is 3.99. The highest BCUT2D eigenvalue weighted by atomic mass is 16.5. The standard InChI is InChI=1S/C16H33N3O2/c1-16(2,3)14(9-11-19(4)5)18-15(20)17-10-8-13-7-6-12-21-13/h13-14H,6-12H2,1-5H3,(H2,17,18,20)/t13-,14-/m1/s1. The van der Waals surface area contributed by atoms with E-state index in [1.165, 1.54) is 0 Å². The lowest BCUT2D eigenvalue weighted by Crippen LogP contribution is -2.49. The molecule has 0 aromatic heterocycles. The predicted molar refractivity (Wildman–Crippen MR) is 86.5 cm³/mol. The van der Waals surface area contributed by atoms with Gasteiger partial charge in [0.25, 0.3) is 0 Å². The minimum atomic E-state index is -0.0633. The van der Waals surface area contributed by atoms with Crippen molar-refractivity contribution in [1.29, 1.82) is 0 Å². The van der Waals surface area contributed by atoms with Gasteiger partial charge in [0.1, 0.15) is 0 Å². The zero-order chi connectivity index (χ0) is 15.9. The molecule has 5 nitrogen and oxygen atoms in total. The van der Waals surface area contributed by atoms with Gasteiger partial charge in [-0.25, -0.2) is 4.79 Å². The molecule has 2 N–H and O–H groups in total. The van der Waals surface area contributed by atoms with Crippen LogP contribution in [0.5, 0.6) is 0 Å². The van der Waals surface area contributed by atoms with E-state index in [9.17, 15) is 4.79 Å². The van der Waals surface area contributed by atoms with Crippen molar-refractivity contribution in [2.24, 2.45) is 5.41 Å². The summed E-state index contributed by atoms with van der Waals surface area (Å²) in [6.45, 7) is 9.02. The first-order chi connectivity index (χ1) is 9.79. The van der Waals surface area contributed by atoms with Crippen LogP contribution in [0.1, 0.15) is 46.5 Å². The monoisotopic (exact) mass is 299 g/mol. The van der Waals surface area contributed by atoms with Gasteiger partial charge in [0, 0.05) is 19.2 Å². The molecule has 0 saturated carbocycles. The van der Waals surface area contributed by atoms with Crippen molar-refractivity contribution in [3.63, 3.8) is 0 Å². The van der Waals surface area contributed by atoms with Crippen molar-refractivity contribution in [1.82, 2.24) is 15.5 Å². The fourth-order valence-corrected chi connectivity index (χ4v) is 2.54. The van der Waals surface area contributed by atoms with Crippen LogP contribution >= 0.6 is 0 Å². The number of rotatable bonds is 7. The minimum Gasteiger partial charge on any atom is -0.378 e. The molecule has 1 fully saturated rings. The quantitative estimate of drug-likeness (QED) is 0.758. The lowest BCUT2D eigenvalue weighted by molar-refractivity contribution is 0.104. The topological polar surface area (TPSA) is 53.6 Å². The SMILES string of the molecule is CN(C)CC[C@@H](NC(=O)NCC[C@H]1CCCO1)C(C)(C)C. The Kier molecular flexibility index (Phi) is 7.46.